The van der Waals surface area contributed by atoms with Gasteiger partial charge in [0, 0.05) is 29.2 Å². The molecule has 0 saturated carbocycles. The molecule has 1 atom stereocenters. The van der Waals surface area contributed by atoms with Gasteiger partial charge in [-0.1, -0.05) is 30.3 Å². The van der Waals surface area contributed by atoms with Crippen molar-refractivity contribution in [1.82, 2.24) is 19.7 Å². The lowest BCUT2D eigenvalue weighted by Gasteiger charge is -2.29. The molecule has 0 bridgehead atoms. The normalized spacial score (nSPS) is 14.7. The van der Waals surface area contributed by atoms with E-state index in [2.05, 4.69) is 20.6 Å². The first-order valence-electron chi connectivity index (χ1n) is 11.0. The Morgan fingerprint density at radius 1 is 1.00 bits per heavy atom. The number of benzene rings is 2. The van der Waals surface area contributed by atoms with Gasteiger partial charge in [-0.25, -0.2) is 4.68 Å². The molecule has 2 N–H and O–H groups in total. The summed E-state index contributed by atoms with van der Waals surface area (Å²) in [5.41, 5.74) is 3.26. The molecule has 9 nitrogen and oxygen atoms in total. The fourth-order valence-electron chi connectivity index (χ4n) is 4.18. The number of aromatic nitrogens is 4. The monoisotopic (exact) mass is 468 g/mol. The molecule has 1 aliphatic rings. The maximum Gasteiger partial charge on any atom is 0.255 e. The van der Waals surface area contributed by atoms with Crippen LogP contribution in [0.1, 0.15) is 18.5 Å². The first kappa shape index (κ1) is 22.1. The molecule has 0 saturated heterocycles. The van der Waals surface area contributed by atoms with Crippen LogP contribution in [0.15, 0.2) is 84.3 Å². The highest BCUT2D eigenvalue weighted by atomic mass is 16.5. The summed E-state index contributed by atoms with van der Waals surface area (Å²) >= 11 is 0. The summed E-state index contributed by atoms with van der Waals surface area (Å²) in [6.45, 7) is 1.85. The molecule has 0 fully saturated rings. The number of methoxy groups -OCH3 is 2. The van der Waals surface area contributed by atoms with Crippen molar-refractivity contribution >= 4 is 17.5 Å². The predicted molar refractivity (Wildman–Crippen MR) is 132 cm³/mol. The summed E-state index contributed by atoms with van der Waals surface area (Å²) in [6, 6.07) is 18.0. The third kappa shape index (κ3) is 4.08. The first-order valence-corrected chi connectivity index (χ1v) is 11.0. The number of fused-ring (bicyclic) bond motifs is 1. The van der Waals surface area contributed by atoms with Crippen molar-refractivity contribution < 1.29 is 14.3 Å². The van der Waals surface area contributed by atoms with E-state index in [1.54, 1.807) is 43.4 Å². The number of pyridine rings is 1. The van der Waals surface area contributed by atoms with E-state index < -0.39 is 6.04 Å². The molecule has 4 aromatic rings. The second-order valence-corrected chi connectivity index (χ2v) is 7.91. The van der Waals surface area contributed by atoms with E-state index in [0.717, 1.165) is 11.1 Å². The Kier molecular flexibility index (Phi) is 5.88. The Bertz CT molecular complexity index is 1410. The number of ether oxygens (including phenoxy) is 2. The van der Waals surface area contributed by atoms with Gasteiger partial charge in [0.25, 0.3) is 5.91 Å². The third-order valence-corrected chi connectivity index (χ3v) is 5.81. The molecule has 0 aliphatic carbocycles. The molecule has 3 heterocycles. The Morgan fingerprint density at radius 2 is 1.74 bits per heavy atom. The van der Waals surface area contributed by atoms with Gasteiger partial charge in [0.15, 0.2) is 5.82 Å². The number of anilines is 2. The number of allylic oxidation sites excluding steroid dienone is 1. The van der Waals surface area contributed by atoms with Crippen molar-refractivity contribution in [3.63, 3.8) is 0 Å². The number of para-hydroxylation sites is 3. The molecular weight excluding hydrogens is 444 g/mol. The van der Waals surface area contributed by atoms with Crippen LogP contribution in [-0.4, -0.2) is 39.9 Å². The van der Waals surface area contributed by atoms with Crippen LogP contribution >= 0.6 is 0 Å². The Hall–Kier alpha value is -4.66. The number of amides is 1. The molecular formula is C26H24N6O3. The van der Waals surface area contributed by atoms with E-state index in [-0.39, 0.29) is 5.91 Å². The summed E-state index contributed by atoms with van der Waals surface area (Å²) in [7, 11) is 3.17. The highest BCUT2D eigenvalue weighted by molar-refractivity contribution is 6.06. The van der Waals surface area contributed by atoms with Crippen LogP contribution in [0.3, 0.4) is 0 Å². The van der Waals surface area contributed by atoms with Gasteiger partial charge < -0.3 is 20.1 Å². The van der Waals surface area contributed by atoms with Crippen molar-refractivity contribution in [3.8, 4) is 22.9 Å². The fraction of sp³-hybridized carbons (Fsp3) is 0.154. The van der Waals surface area contributed by atoms with E-state index in [1.807, 2.05) is 55.5 Å². The second kappa shape index (κ2) is 9.30. The third-order valence-electron chi connectivity index (χ3n) is 5.81. The summed E-state index contributed by atoms with van der Waals surface area (Å²) < 4.78 is 12.8. The fourth-order valence-corrected chi connectivity index (χ4v) is 4.18. The van der Waals surface area contributed by atoms with Crippen molar-refractivity contribution in [3.05, 3.63) is 89.9 Å². The lowest BCUT2D eigenvalue weighted by molar-refractivity contribution is -0.113. The quantitative estimate of drug-likeness (QED) is 0.435. The van der Waals surface area contributed by atoms with Crippen LogP contribution in [0.2, 0.25) is 0 Å². The van der Waals surface area contributed by atoms with Crippen LogP contribution < -0.4 is 20.1 Å². The highest BCUT2D eigenvalue weighted by Crippen LogP contribution is 2.40. The molecule has 9 heteroatoms. The van der Waals surface area contributed by atoms with Crippen molar-refractivity contribution in [2.75, 3.05) is 24.9 Å². The maximum atomic E-state index is 13.7. The van der Waals surface area contributed by atoms with Crippen LogP contribution in [0.25, 0.3) is 11.4 Å². The van der Waals surface area contributed by atoms with E-state index in [9.17, 15) is 4.79 Å². The van der Waals surface area contributed by atoms with Gasteiger partial charge in [-0.2, -0.15) is 4.98 Å². The van der Waals surface area contributed by atoms with Crippen LogP contribution in [0.5, 0.6) is 11.5 Å². The predicted octanol–water partition coefficient (Wildman–Crippen LogP) is 4.28. The number of nitrogens with zero attached hydrogens (tertiary/aromatic N) is 4. The molecule has 0 radical (unpaired) electrons. The van der Waals surface area contributed by atoms with Crippen LogP contribution in [0, 0.1) is 0 Å². The minimum atomic E-state index is -0.588. The number of hydrogen-bond acceptors (Lipinski definition) is 7. The van der Waals surface area contributed by atoms with Gasteiger partial charge in [-0.05, 0) is 37.3 Å². The van der Waals surface area contributed by atoms with Crippen LogP contribution in [-0.2, 0) is 4.79 Å². The molecule has 1 unspecified atom stereocenters. The number of hydrogen-bond donors (Lipinski definition) is 2. The van der Waals surface area contributed by atoms with Crippen molar-refractivity contribution in [1.29, 1.82) is 0 Å². The molecule has 1 amide bonds. The van der Waals surface area contributed by atoms with Gasteiger partial charge >= 0.3 is 0 Å². The number of rotatable bonds is 6. The molecule has 35 heavy (non-hydrogen) atoms. The SMILES string of the molecule is COc1ccccc1NC(=O)C1=C(C)Nc2nc(-c3cccnc3)nn2C1c1ccccc1OC. The van der Waals surface area contributed by atoms with Gasteiger partial charge in [0.05, 0.1) is 25.5 Å². The Morgan fingerprint density at radius 3 is 2.49 bits per heavy atom. The standard InChI is InChI=1S/C26H24N6O3/c1-16-22(25(33)29-19-11-5-7-13-21(19)35-3)23(18-10-4-6-12-20(18)34-2)32-26(28-16)30-24(31-32)17-9-8-14-27-15-17/h4-15,23H,1-3H3,(H,29,33)(H,28,30,31). The van der Waals surface area contributed by atoms with Gasteiger partial charge in [-0.15, -0.1) is 5.10 Å². The smallest absolute Gasteiger partial charge is 0.255 e. The average Bonchev–Trinajstić information content (AvgIpc) is 3.32. The summed E-state index contributed by atoms with van der Waals surface area (Å²) in [4.78, 5) is 22.6. The molecule has 2 aromatic heterocycles. The van der Waals surface area contributed by atoms with Crippen LogP contribution in [0.4, 0.5) is 11.6 Å². The zero-order chi connectivity index (χ0) is 24.4. The molecule has 176 valence electrons. The average molecular weight is 469 g/mol. The Labute approximate surface area is 202 Å². The summed E-state index contributed by atoms with van der Waals surface area (Å²) in [5.74, 6) is 1.93. The molecule has 5 rings (SSSR count). The van der Waals surface area contributed by atoms with Crippen molar-refractivity contribution in [2.24, 2.45) is 0 Å². The zero-order valence-corrected chi connectivity index (χ0v) is 19.5. The van der Waals surface area contributed by atoms with Gasteiger partial charge in [0.2, 0.25) is 5.95 Å². The lowest BCUT2D eigenvalue weighted by Crippen LogP contribution is -2.31. The van der Waals surface area contributed by atoms with E-state index in [4.69, 9.17) is 14.6 Å². The topological polar surface area (TPSA) is 103 Å². The molecule has 2 aromatic carbocycles. The minimum Gasteiger partial charge on any atom is -0.496 e. The van der Waals surface area contributed by atoms with E-state index in [1.165, 1.54) is 0 Å². The summed E-state index contributed by atoms with van der Waals surface area (Å²) in [6.07, 6.45) is 3.40. The van der Waals surface area contributed by atoms with E-state index >= 15 is 0 Å². The van der Waals surface area contributed by atoms with E-state index in [0.29, 0.717) is 40.2 Å². The number of nitrogens with one attached hydrogen (secondary N) is 2. The van der Waals surface area contributed by atoms with Gasteiger partial charge in [0.1, 0.15) is 17.5 Å². The summed E-state index contributed by atoms with van der Waals surface area (Å²) in [5, 5.41) is 11.0. The first-order chi connectivity index (χ1) is 17.1. The molecule has 0 spiro atoms. The largest absolute Gasteiger partial charge is 0.496 e. The second-order valence-electron chi connectivity index (χ2n) is 7.91. The number of carbonyl (C=O) groups is 1. The Balaban J connectivity index is 1.63. The highest BCUT2D eigenvalue weighted by Gasteiger charge is 2.36. The zero-order valence-electron chi connectivity index (χ0n) is 19.5. The maximum absolute atomic E-state index is 13.7. The minimum absolute atomic E-state index is 0.292. The van der Waals surface area contributed by atoms with Gasteiger partial charge in [-0.3, -0.25) is 9.78 Å². The van der Waals surface area contributed by atoms with Crippen molar-refractivity contribution in [2.45, 2.75) is 13.0 Å². The lowest BCUT2D eigenvalue weighted by atomic mass is 9.94. The number of carbonyl (C=O) groups excluding carboxylic acids is 1. The molecule has 1 aliphatic heterocycles.